The van der Waals surface area contributed by atoms with Crippen molar-refractivity contribution in [1.29, 1.82) is 0 Å². The highest BCUT2D eigenvalue weighted by Gasteiger charge is 2.31. The summed E-state index contributed by atoms with van der Waals surface area (Å²) in [4.78, 5) is 2.24. The van der Waals surface area contributed by atoms with E-state index >= 15 is 0 Å². The predicted octanol–water partition coefficient (Wildman–Crippen LogP) is 0.740. The summed E-state index contributed by atoms with van der Waals surface area (Å²) in [6.45, 7) is 6.08. The molecule has 72 valence electrons. The molecule has 0 aromatic rings. The summed E-state index contributed by atoms with van der Waals surface area (Å²) in [6, 6.07) is 0. The topological polar surface area (TPSA) is 21.7 Å². The molecular formula is C9H19NO2. The first-order valence-electron chi connectivity index (χ1n) is 4.50. The van der Waals surface area contributed by atoms with E-state index in [1.165, 1.54) is 0 Å². The summed E-state index contributed by atoms with van der Waals surface area (Å²) in [7, 11) is 3.84. The van der Waals surface area contributed by atoms with E-state index in [0.717, 1.165) is 13.1 Å². The van der Waals surface area contributed by atoms with Crippen LogP contribution in [0.25, 0.3) is 0 Å². The Hall–Kier alpha value is -0.120. The van der Waals surface area contributed by atoms with Crippen LogP contribution in [-0.2, 0) is 9.47 Å². The molecule has 2 atom stereocenters. The number of likely N-dealkylation sites (tertiary alicyclic amines) is 1. The van der Waals surface area contributed by atoms with E-state index < -0.39 is 0 Å². The highest BCUT2D eigenvalue weighted by atomic mass is 16.5. The number of likely N-dealkylation sites (N-methyl/N-ethyl adjacent to an activating group) is 1. The van der Waals surface area contributed by atoms with Gasteiger partial charge in [0.25, 0.3) is 0 Å². The van der Waals surface area contributed by atoms with E-state index in [2.05, 4.69) is 25.8 Å². The minimum absolute atomic E-state index is 0.248. The van der Waals surface area contributed by atoms with Gasteiger partial charge in [-0.2, -0.15) is 0 Å². The van der Waals surface area contributed by atoms with Gasteiger partial charge in [0.1, 0.15) is 0 Å². The van der Waals surface area contributed by atoms with Crippen LogP contribution in [0.2, 0.25) is 0 Å². The van der Waals surface area contributed by atoms with Gasteiger partial charge in [-0.05, 0) is 20.9 Å². The second-order valence-electron chi connectivity index (χ2n) is 3.72. The summed E-state index contributed by atoms with van der Waals surface area (Å²) in [5, 5.41) is 0. The highest BCUT2D eigenvalue weighted by Crippen LogP contribution is 2.15. The molecule has 0 saturated carbocycles. The van der Waals surface area contributed by atoms with Crippen LogP contribution in [0.4, 0.5) is 0 Å². The molecular weight excluding hydrogens is 154 g/mol. The molecule has 0 N–H and O–H groups in total. The number of nitrogens with zero attached hydrogens (tertiary/aromatic N) is 1. The number of rotatable bonds is 3. The summed E-state index contributed by atoms with van der Waals surface area (Å²) < 4.78 is 11.0. The van der Waals surface area contributed by atoms with Gasteiger partial charge < -0.3 is 14.4 Å². The van der Waals surface area contributed by atoms with Crippen molar-refractivity contribution in [3.8, 4) is 0 Å². The van der Waals surface area contributed by atoms with E-state index in [4.69, 9.17) is 9.47 Å². The lowest BCUT2D eigenvalue weighted by Crippen LogP contribution is -2.31. The van der Waals surface area contributed by atoms with Crippen LogP contribution in [-0.4, -0.2) is 50.5 Å². The molecule has 1 heterocycles. The molecule has 12 heavy (non-hydrogen) atoms. The van der Waals surface area contributed by atoms with Crippen molar-refractivity contribution in [2.24, 2.45) is 0 Å². The number of hydrogen-bond acceptors (Lipinski definition) is 3. The zero-order valence-electron chi connectivity index (χ0n) is 8.41. The first kappa shape index (κ1) is 9.96. The molecule has 0 aliphatic carbocycles. The molecule has 1 aliphatic heterocycles. The maximum atomic E-state index is 5.72. The van der Waals surface area contributed by atoms with Crippen molar-refractivity contribution in [3.05, 3.63) is 0 Å². The quantitative estimate of drug-likeness (QED) is 0.628. The third-order valence-corrected chi connectivity index (χ3v) is 2.15. The van der Waals surface area contributed by atoms with E-state index in [-0.39, 0.29) is 12.2 Å². The fourth-order valence-corrected chi connectivity index (χ4v) is 1.63. The molecule has 3 nitrogen and oxygen atoms in total. The Morgan fingerprint density at radius 1 is 1.25 bits per heavy atom. The average Bonchev–Trinajstić information content (AvgIpc) is 2.29. The van der Waals surface area contributed by atoms with Crippen LogP contribution < -0.4 is 0 Å². The summed E-state index contributed by atoms with van der Waals surface area (Å²) >= 11 is 0. The van der Waals surface area contributed by atoms with Gasteiger partial charge in [0.15, 0.2) is 0 Å². The summed E-state index contributed by atoms with van der Waals surface area (Å²) in [6.07, 6.45) is 0.788. The van der Waals surface area contributed by atoms with E-state index in [9.17, 15) is 0 Å². The Morgan fingerprint density at radius 3 is 2.33 bits per heavy atom. The SMILES string of the molecule is COC1CN(C)CC1OC(C)C. The minimum Gasteiger partial charge on any atom is -0.377 e. The lowest BCUT2D eigenvalue weighted by atomic mass is 10.2. The zero-order chi connectivity index (χ0) is 9.14. The standard InChI is InChI=1S/C9H19NO2/c1-7(2)12-9-6-10(3)5-8(9)11-4/h7-9H,5-6H2,1-4H3. The largest absolute Gasteiger partial charge is 0.377 e. The Kier molecular flexibility index (Phi) is 3.50. The van der Waals surface area contributed by atoms with Gasteiger partial charge in [-0.15, -0.1) is 0 Å². The Morgan fingerprint density at radius 2 is 1.83 bits per heavy atom. The molecule has 1 rings (SSSR count). The van der Waals surface area contributed by atoms with Crippen molar-refractivity contribution >= 4 is 0 Å². The smallest absolute Gasteiger partial charge is 0.0978 e. The van der Waals surface area contributed by atoms with Crippen molar-refractivity contribution < 1.29 is 9.47 Å². The van der Waals surface area contributed by atoms with Crippen molar-refractivity contribution in [2.45, 2.75) is 32.2 Å². The van der Waals surface area contributed by atoms with E-state index in [1.807, 2.05) is 0 Å². The van der Waals surface area contributed by atoms with E-state index in [0.29, 0.717) is 6.10 Å². The van der Waals surface area contributed by atoms with Gasteiger partial charge in [0.2, 0.25) is 0 Å². The predicted molar refractivity (Wildman–Crippen MR) is 48.3 cm³/mol. The molecule has 0 spiro atoms. The Balaban J connectivity index is 2.40. The summed E-state index contributed by atoms with van der Waals surface area (Å²) in [5.41, 5.74) is 0. The first-order valence-corrected chi connectivity index (χ1v) is 4.50. The third-order valence-electron chi connectivity index (χ3n) is 2.15. The fourth-order valence-electron chi connectivity index (χ4n) is 1.63. The van der Waals surface area contributed by atoms with Gasteiger partial charge in [0, 0.05) is 20.2 Å². The first-order chi connectivity index (χ1) is 5.63. The van der Waals surface area contributed by atoms with Crippen LogP contribution in [0.15, 0.2) is 0 Å². The molecule has 3 heteroatoms. The summed E-state index contributed by atoms with van der Waals surface area (Å²) in [5.74, 6) is 0. The van der Waals surface area contributed by atoms with Crippen LogP contribution in [0.3, 0.4) is 0 Å². The Labute approximate surface area is 74.6 Å². The number of hydrogen-bond donors (Lipinski definition) is 0. The molecule has 0 aromatic heterocycles. The van der Waals surface area contributed by atoms with Crippen molar-refractivity contribution in [3.63, 3.8) is 0 Å². The van der Waals surface area contributed by atoms with Crippen molar-refractivity contribution in [1.82, 2.24) is 4.90 Å². The molecule has 1 aliphatic rings. The third kappa shape index (κ3) is 2.44. The van der Waals surface area contributed by atoms with Gasteiger partial charge in [-0.3, -0.25) is 0 Å². The fraction of sp³-hybridized carbons (Fsp3) is 1.00. The van der Waals surface area contributed by atoms with Crippen LogP contribution in [0.1, 0.15) is 13.8 Å². The maximum Gasteiger partial charge on any atom is 0.0978 e. The normalized spacial score (nSPS) is 31.8. The van der Waals surface area contributed by atoms with Gasteiger partial charge in [-0.1, -0.05) is 0 Å². The molecule has 0 aromatic carbocycles. The minimum atomic E-state index is 0.248. The molecule has 1 saturated heterocycles. The lowest BCUT2D eigenvalue weighted by molar-refractivity contribution is -0.0540. The lowest BCUT2D eigenvalue weighted by Gasteiger charge is -2.19. The van der Waals surface area contributed by atoms with Crippen LogP contribution >= 0.6 is 0 Å². The van der Waals surface area contributed by atoms with Crippen molar-refractivity contribution in [2.75, 3.05) is 27.2 Å². The molecule has 0 bridgehead atoms. The average molecular weight is 173 g/mol. The second-order valence-corrected chi connectivity index (χ2v) is 3.72. The highest BCUT2D eigenvalue weighted by molar-refractivity contribution is 4.84. The van der Waals surface area contributed by atoms with Gasteiger partial charge in [-0.25, -0.2) is 0 Å². The maximum absolute atomic E-state index is 5.72. The van der Waals surface area contributed by atoms with Crippen LogP contribution in [0.5, 0.6) is 0 Å². The monoisotopic (exact) mass is 173 g/mol. The molecule has 2 unspecified atom stereocenters. The van der Waals surface area contributed by atoms with Crippen LogP contribution in [0, 0.1) is 0 Å². The molecule has 0 amide bonds. The molecule has 1 fully saturated rings. The van der Waals surface area contributed by atoms with Gasteiger partial charge >= 0.3 is 0 Å². The Bertz CT molecular complexity index is 138. The van der Waals surface area contributed by atoms with Gasteiger partial charge in [0.05, 0.1) is 18.3 Å². The second kappa shape index (κ2) is 4.21. The molecule has 0 radical (unpaired) electrons. The zero-order valence-corrected chi connectivity index (χ0v) is 8.41. The number of methoxy groups -OCH3 is 1. The number of ether oxygens (including phenoxy) is 2. The van der Waals surface area contributed by atoms with E-state index in [1.54, 1.807) is 7.11 Å².